The third kappa shape index (κ3) is 4.39. The summed E-state index contributed by atoms with van der Waals surface area (Å²) in [4.78, 5) is 13.2. The Hall–Kier alpha value is -1.71. The SMILES string of the molecule is CCC1CC(O)(COC)CCC1C1CCC2(C)C(CCC2C(=O)Cn2cc(C#N)cn2)C1. The number of fused-ring (bicyclic) bond motifs is 1. The van der Waals surface area contributed by atoms with Gasteiger partial charge in [0.15, 0.2) is 5.78 Å². The van der Waals surface area contributed by atoms with Gasteiger partial charge in [-0.15, -0.1) is 0 Å². The first-order valence-electron chi connectivity index (χ1n) is 12.5. The molecule has 0 spiro atoms. The Morgan fingerprint density at radius 3 is 2.84 bits per heavy atom. The Morgan fingerprint density at radius 1 is 1.34 bits per heavy atom. The largest absolute Gasteiger partial charge is 0.387 e. The first-order valence-corrected chi connectivity index (χ1v) is 12.5. The number of ketones is 1. The minimum atomic E-state index is -0.655. The predicted molar refractivity (Wildman–Crippen MR) is 122 cm³/mol. The second kappa shape index (κ2) is 9.27. The molecule has 6 heteroatoms. The number of rotatable bonds is 7. The fourth-order valence-electron chi connectivity index (χ4n) is 7.63. The topological polar surface area (TPSA) is 88.1 Å². The molecule has 0 radical (unpaired) electrons. The zero-order valence-electron chi connectivity index (χ0n) is 19.9. The zero-order chi connectivity index (χ0) is 22.9. The highest BCUT2D eigenvalue weighted by Gasteiger charge is 2.53. The third-order valence-electron chi connectivity index (χ3n) is 9.38. The van der Waals surface area contributed by atoms with Gasteiger partial charge in [-0.2, -0.15) is 10.4 Å². The van der Waals surface area contributed by atoms with Gasteiger partial charge in [0.2, 0.25) is 0 Å². The van der Waals surface area contributed by atoms with Crippen molar-refractivity contribution < 1.29 is 14.6 Å². The van der Waals surface area contributed by atoms with Gasteiger partial charge in [0.25, 0.3) is 0 Å². The van der Waals surface area contributed by atoms with Crippen LogP contribution in [0.3, 0.4) is 0 Å². The van der Waals surface area contributed by atoms with Crippen LogP contribution >= 0.6 is 0 Å². The maximum atomic E-state index is 13.2. The normalized spacial score (nSPS) is 39.4. The van der Waals surface area contributed by atoms with Crippen LogP contribution in [-0.4, -0.2) is 40.0 Å². The van der Waals surface area contributed by atoms with Gasteiger partial charge in [-0.25, -0.2) is 0 Å². The number of hydrogen-bond acceptors (Lipinski definition) is 5. The lowest BCUT2D eigenvalue weighted by Crippen LogP contribution is -2.46. The van der Waals surface area contributed by atoms with Crippen LogP contribution in [0.15, 0.2) is 12.4 Å². The third-order valence-corrected chi connectivity index (χ3v) is 9.38. The molecular formula is C26H39N3O3. The molecule has 7 atom stereocenters. The summed E-state index contributed by atoms with van der Waals surface area (Å²) in [7, 11) is 1.68. The summed E-state index contributed by atoms with van der Waals surface area (Å²) in [5, 5.41) is 24.1. The van der Waals surface area contributed by atoms with Crippen molar-refractivity contribution in [2.45, 2.75) is 83.8 Å². The number of aromatic nitrogens is 2. The molecule has 3 aliphatic carbocycles. The molecule has 1 N–H and O–H groups in total. The molecule has 0 amide bonds. The number of aliphatic hydroxyl groups is 1. The second-order valence-corrected chi connectivity index (χ2v) is 11.1. The number of methoxy groups -OCH3 is 1. The van der Waals surface area contributed by atoms with E-state index >= 15 is 0 Å². The van der Waals surface area contributed by atoms with E-state index in [-0.39, 0.29) is 23.7 Å². The fraction of sp³-hybridized carbons (Fsp3) is 0.808. The number of carbonyl (C=O) groups excluding carboxylic acids is 1. The van der Waals surface area contributed by atoms with Crippen LogP contribution in [-0.2, 0) is 16.1 Å². The van der Waals surface area contributed by atoms with Gasteiger partial charge < -0.3 is 9.84 Å². The zero-order valence-corrected chi connectivity index (χ0v) is 19.9. The number of Topliss-reactive ketones (excluding diaryl/α,β-unsaturated/α-hetero) is 1. The average Bonchev–Trinajstić information content (AvgIpc) is 3.36. The molecule has 176 valence electrons. The van der Waals surface area contributed by atoms with Crippen molar-refractivity contribution in [2.24, 2.45) is 35.0 Å². The van der Waals surface area contributed by atoms with Gasteiger partial charge in [-0.1, -0.05) is 20.3 Å². The van der Waals surface area contributed by atoms with E-state index in [2.05, 4.69) is 25.0 Å². The van der Waals surface area contributed by atoms with Crippen molar-refractivity contribution in [3.8, 4) is 6.07 Å². The summed E-state index contributed by atoms with van der Waals surface area (Å²) in [6.45, 7) is 5.33. The maximum absolute atomic E-state index is 13.2. The van der Waals surface area contributed by atoms with Crippen molar-refractivity contribution in [1.82, 2.24) is 9.78 Å². The number of hydrogen-bond donors (Lipinski definition) is 1. The van der Waals surface area contributed by atoms with Crippen LogP contribution in [0.1, 0.15) is 77.2 Å². The molecule has 1 aromatic rings. The molecule has 32 heavy (non-hydrogen) atoms. The highest BCUT2D eigenvalue weighted by Crippen LogP contribution is 2.59. The molecule has 3 aliphatic rings. The Labute approximate surface area is 192 Å². The Kier molecular flexibility index (Phi) is 6.79. The van der Waals surface area contributed by atoms with Gasteiger partial charge in [-0.05, 0) is 80.5 Å². The Morgan fingerprint density at radius 2 is 2.16 bits per heavy atom. The predicted octanol–water partition coefficient (Wildman–Crippen LogP) is 4.36. The molecule has 3 fully saturated rings. The lowest BCUT2D eigenvalue weighted by Gasteiger charge is -2.49. The van der Waals surface area contributed by atoms with Crippen molar-refractivity contribution in [3.63, 3.8) is 0 Å². The molecule has 7 unspecified atom stereocenters. The van der Waals surface area contributed by atoms with Gasteiger partial charge in [0.1, 0.15) is 6.07 Å². The number of nitriles is 1. The minimum Gasteiger partial charge on any atom is -0.387 e. The van der Waals surface area contributed by atoms with E-state index in [0.29, 0.717) is 35.8 Å². The number of ether oxygens (including phenoxy) is 1. The lowest BCUT2D eigenvalue weighted by atomic mass is 9.56. The highest BCUT2D eigenvalue weighted by molar-refractivity contribution is 5.82. The van der Waals surface area contributed by atoms with Crippen LogP contribution in [0.2, 0.25) is 0 Å². The van der Waals surface area contributed by atoms with Gasteiger partial charge in [0, 0.05) is 19.2 Å². The van der Waals surface area contributed by atoms with E-state index in [0.717, 1.165) is 44.9 Å². The quantitative estimate of drug-likeness (QED) is 0.679. The molecule has 0 bridgehead atoms. The molecule has 1 aromatic heterocycles. The van der Waals surface area contributed by atoms with E-state index in [4.69, 9.17) is 10.00 Å². The van der Waals surface area contributed by atoms with Crippen molar-refractivity contribution in [3.05, 3.63) is 18.0 Å². The fourth-order valence-corrected chi connectivity index (χ4v) is 7.63. The minimum absolute atomic E-state index is 0.0892. The standard InChI is InChI=1S/C26H39N3O3/c1-4-19-12-26(31,17-32-3)10-8-22(19)20-7-9-25(2)21(11-20)5-6-23(25)24(30)16-29-15-18(13-27)14-28-29/h14-15,19-23,31H,4-12,16-17H2,1-3H3. The van der Waals surface area contributed by atoms with Crippen LogP contribution < -0.4 is 0 Å². The van der Waals surface area contributed by atoms with Crippen LogP contribution in [0.4, 0.5) is 0 Å². The molecule has 4 rings (SSSR count). The van der Waals surface area contributed by atoms with Crippen molar-refractivity contribution >= 4 is 5.78 Å². The smallest absolute Gasteiger partial charge is 0.157 e. The van der Waals surface area contributed by atoms with E-state index in [1.165, 1.54) is 19.0 Å². The molecule has 1 heterocycles. The van der Waals surface area contributed by atoms with Gasteiger partial charge in [0.05, 0.1) is 30.5 Å². The molecule has 0 saturated heterocycles. The van der Waals surface area contributed by atoms with Gasteiger partial charge >= 0.3 is 0 Å². The van der Waals surface area contributed by atoms with Gasteiger partial charge in [-0.3, -0.25) is 9.48 Å². The second-order valence-electron chi connectivity index (χ2n) is 11.1. The first kappa shape index (κ1) is 23.4. The van der Waals surface area contributed by atoms with E-state index < -0.39 is 5.60 Å². The summed E-state index contributed by atoms with van der Waals surface area (Å²) < 4.78 is 6.93. The van der Waals surface area contributed by atoms with Crippen LogP contribution in [0, 0.1) is 46.3 Å². The monoisotopic (exact) mass is 441 g/mol. The Balaban J connectivity index is 1.40. The molecule has 0 aromatic carbocycles. The molecule has 0 aliphatic heterocycles. The highest BCUT2D eigenvalue weighted by atomic mass is 16.5. The summed E-state index contributed by atoms with van der Waals surface area (Å²) in [5.74, 6) is 2.94. The van der Waals surface area contributed by atoms with Crippen LogP contribution in [0.25, 0.3) is 0 Å². The summed E-state index contributed by atoms with van der Waals surface area (Å²) in [5.41, 5.74) is -0.0618. The summed E-state index contributed by atoms with van der Waals surface area (Å²) >= 11 is 0. The molecule has 6 nitrogen and oxygen atoms in total. The summed E-state index contributed by atoms with van der Waals surface area (Å²) in [6.07, 6.45) is 12.8. The van der Waals surface area contributed by atoms with E-state index in [9.17, 15) is 9.90 Å². The average molecular weight is 442 g/mol. The van der Waals surface area contributed by atoms with E-state index in [1.54, 1.807) is 18.0 Å². The summed E-state index contributed by atoms with van der Waals surface area (Å²) in [6, 6.07) is 2.08. The Bertz CT molecular complexity index is 861. The lowest BCUT2D eigenvalue weighted by molar-refractivity contribution is -0.129. The van der Waals surface area contributed by atoms with Crippen LogP contribution in [0.5, 0.6) is 0 Å². The molecular weight excluding hydrogens is 402 g/mol. The first-order chi connectivity index (χ1) is 15.3. The van der Waals surface area contributed by atoms with E-state index in [1.807, 2.05) is 0 Å². The maximum Gasteiger partial charge on any atom is 0.157 e. The number of nitrogens with zero attached hydrogens (tertiary/aromatic N) is 3. The van der Waals surface area contributed by atoms with Crippen molar-refractivity contribution in [1.29, 1.82) is 5.26 Å². The number of carbonyl (C=O) groups is 1. The van der Waals surface area contributed by atoms with Crippen molar-refractivity contribution in [2.75, 3.05) is 13.7 Å². The molecule has 3 saturated carbocycles.